The highest BCUT2D eigenvalue weighted by atomic mass is 35.5. The second-order valence-electron chi connectivity index (χ2n) is 12.6. The van der Waals surface area contributed by atoms with Crippen molar-refractivity contribution >= 4 is 62.3 Å². The van der Waals surface area contributed by atoms with Crippen molar-refractivity contribution in [3.8, 4) is 11.1 Å². The van der Waals surface area contributed by atoms with Gasteiger partial charge in [-0.3, -0.25) is 4.79 Å². The Bertz CT molecular complexity index is 2560. The molecule has 0 radical (unpaired) electrons. The molecule has 4 heterocycles. The molecule has 258 valence electrons. The maximum absolute atomic E-state index is 13.3. The zero-order valence-corrected chi connectivity index (χ0v) is 29.4. The molecule has 0 saturated heterocycles. The second-order valence-corrected chi connectivity index (χ2v) is 13.5. The third kappa shape index (κ3) is 6.77. The van der Waals surface area contributed by atoms with E-state index in [-0.39, 0.29) is 5.91 Å². The third-order valence-corrected chi connectivity index (χ3v) is 9.64. The Labute approximate surface area is 309 Å². The predicted molar refractivity (Wildman–Crippen MR) is 206 cm³/mol. The molecule has 9 nitrogen and oxygen atoms in total. The molecule has 0 fully saturated rings. The number of fused-ring (bicyclic) bond motifs is 2. The van der Waals surface area contributed by atoms with E-state index in [0.717, 1.165) is 49.7 Å². The van der Waals surface area contributed by atoms with Crippen molar-refractivity contribution in [2.75, 3.05) is 10.6 Å². The SMILES string of the molecule is Cc1occc1C(=O)Nc1cn(Cc2ccc(Cl)cc2)c2ccc(-c3cnnc(C(O)Nc4cn(Cc5ccc(Cl)cc5)c5ccccc45)c3)cc12. The van der Waals surface area contributed by atoms with Crippen molar-refractivity contribution in [1.82, 2.24) is 19.3 Å². The summed E-state index contributed by atoms with van der Waals surface area (Å²) >= 11 is 12.2. The first kappa shape index (κ1) is 33.3. The maximum Gasteiger partial charge on any atom is 0.259 e. The lowest BCUT2D eigenvalue weighted by Gasteiger charge is -2.13. The number of rotatable bonds is 10. The van der Waals surface area contributed by atoms with Gasteiger partial charge in [-0.1, -0.05) is 71.7 Å². The van der Waals surface area contributed by atoms with Crippen LogP contribution in [-0.4, -0.2) is 30.3 Å². The van der Waals surface area contributed by atoms with Crippen molar-refractivity contribution in [1.29, 1.82) is 0 Å². The van der Waals surface area contributed by atoms with Crippen LogP contribution in [0.4, 0.5) is 11.4 Å². The Kier molecular flexibility index (Phi) is 8.98. The monoisotopic (exact) mass is 726 g/mol. The topological polar surface area (TPSA) is 110 Å². The molecule has 0 saturated carbocycles. The van der Waals surface area contributed by atoms with Crippen LogP contribution in [0.15, 0.2) is 132 Å². The molecule has 4 aromatic heterocycles. The Morgan fingerprint density at radius 3 is 2.12 bits per heavy atom. The fraction of sp³-hybridized carbons (Fsp3) is 0.0976. The largest absolute Gasteiger partial charge is 0.469 e. The molecule has 1 unspecified atom stereocenters. The standard InChI is InChI=1S/C41H32Cl2N6O3/c1-25-32(16-17-52-25)40(50)45-37-24-49(22-27-8-13-31(43)14-9-27)39-15-10-28(18-34(37)39)29-19-35(47-44-20-29)41(51)46-36-23-48(38-5-3-2-4-33(36)38)21-26-6-11-30(42)12-7-26/h2-20,23-24,41,46,51H,21-22H2,1H3,(H,45,50). The van der Waals surface area contributed by atoms with Crippen molar-refractivity contribution < 1.29 is 14.3 Å². The second kappa shape index (κ2) is 14.0. The quantitative estimate of drug-likeness (QED) is 0.121. The van der Waals surface area contributed by atoms with Crippen LogP contribution >= 0.6 is 23.2 Å². The van der Waals surface area contributed by atoms with Gasteiger partial charge in [0, 0.05) is 51.9 Å². The number of hydrogen-bond donors (Lipinski definition) is 3. The maximum atomic E-state index is 13.3. The van der Waals surface area contributed by atoms with Gasteiger partial charge in [-0.2, -0.15) is 10.2 Å². The van der Waals surface area contributed by atoms with E-state index in [1.165, 1.54) is 6.26 Å². The van der Waals surface area contributed by atoms with Gasteiger partial charge in [0.1, 0.15) is 11.5 Å². The Hall–Kier alpha value is -5.87. The first-order valence-corrected chi connectivity index (χ1v) is 17.4. The number of anilines is 2. The van der Waals surface area contributed by atoms with E-state index in [0.29, 0.717) is 45.8 Å². The minimum absolute atomic E-state index is 0.265. The smallest absolute Gasteiger partial charge is 0.259 e. The van der Waals surface area contributed by atoms with Crippen molar-refractivity contribution in [3.63, 3.8) is 0 Å². The number of aromatic nitrogens is 4. The average molecular weight is 728 g/mol. The van der Waals surface area contributed by atoms with E-state index in [1.54, 1.807) is 19.2 Å². The first-order chi connectivity index (χ1) is 25.3. The zero-order chi connectivity index (χ0) is 35.8. The van der Waals surface area contributed by atoms with Crippen LogP contribution in [0.2, 0.25) is 10.0 Å². The van der Waals surface area contributed by atoms with E-state index >= 15 is 0 Å². The summed E-state index contributed by atoms with van der Waals surface area (Å²) in [4.78, 5) is 13.3. The number of nitrogens with zero attached hydrogens (tertiary/aromatic N) is 4. The molecule has 0 aliphatic rings. The first-order valence-electron chi connectivity index (χ1n) is 16.6. The fourth-order valence-corrected chi connectivity index (χ4v) is 6.73. The molecular weight excluding hydrogens is 695 g/mol. The van der Waals surface area contributed by atoms with Crippen molar-refractivity contribution in [3.05, 3.63) is 166 Å². The summed E-state index contributed by atoms with van der Waals surface area (Å²) < 4.78 is 9.60. The number of carbonyl (C=O) groups excluding carboxylic acids is 1. The number of nitrogens with one attached hydrogen (secondary N) is 2. The van der Waals surface area contributed by atoms with Gasteiger partial charge in [0.15, 0.2) is 6.23 Å². The Balaban J connectivity index is 1.10. The van der Waals surface area contributed by atoms with Gasteiger partial charge in [0.2, 0.25) is 0 Å². The lowest BCUT2D eigenvalue weighted by molar-refractivity contribution is 0.102. The number of aliphatic hydroxyl groups is 1. The predicted octanol–water partition coefficient (Wildman–Crippen LogP) is 9.71. The highest BCUT2D eigenvalue weighted by Gasteiger charge is 2.19. The van der Waals surface area contributed by atoms with Gasteiger partial charge in [0.25, 0.3) is 5.91 Å². The van der Waals surface area contributed by atoms with Crippen LogP contribution in [-0.2, 0) is 13.1 Å². The van der Waals surface area contributed by atoms with E-state index < -0.39 is 6.23 Å². The number of carbonyl (C=O) groups is 1. The molecule has 0 spiro atoms. The molecule has 3 N–H and O–H groups in total. The van der Waals surface area contributed by atoms with Crippen LogP contribution < -0.4 is 10.6 Å². The summed E-state index contributed by atoms with van der Waals surface area (Å²) in [6.07, 6.45) is 5.95. The van der Waals surface area contributed by atoms with Crippen LogP contribution in [0.3, 0.4) is 0 Å². The lowest BCUT2D eigenvalue weighted by Crippen LogP contribution is -2.12. The summed E-state index contributed by atoms with van der Waals surface area (Å²) in [6, 6.07) is 33.0. The lowest BCUT2D eigenvalue weighted by atomic mass is 10.0. The van der Waals surface area contributed by atoms with Crippen LogP contribution in [0.5, 0.6) is 0 Å². The normalized spacial score (nSPS) is 12.0. The van der Waals surface area contributed by atoms with Gasteiger partial charge in [-0.15, -0.1) is 0 Å². The molecule has 4 aromatic carbocycles. The molecule has 0 bridgehead atoms. The number of aryl methyl sites for hydroxylation is 1. The van der Waals surface area contributed by atoms with Crippen molar-refractivity contribution in [2.24, 2.45) is 0 Å². The van der Waals surface area contributed by atoms with Gasteiger partial charge < -0.3 is 29.3 Å². The molecular formula is C41H32Cl2N6O3. The number of hydrogen-bond acceptors (Lipinski definition) is 6. The van der Waals surface area contributed by atoms with Gasteiger partial charge >= 0.3 is 0 Å². The van der Waals surface area contributed by atoms with Crippen LogP contribution in [0.1, 0.15) is 39.2 Å². The minimum Gasteiger partial charge on any atom is -0.469 e. The van der Waals surface area contributed by atoms with Gasteiger partial charge in [0.05, 0.1) is 40.4 Å². The molecule has 8 rings (SSSR count). The van der Waals surface area contributed by atoms with E-state index in [1.807, 2.05) is 103 Å². The van der Waals surface area contributed by atoms with E-state index in [4.69, 9.17) is 27.6 Å². The number of amides is 1. The van der Waals surface area contributed by atoms with E-state index in [9.17, 15) is 9.90 Å². The zero-order valence-electron chi connectivity index (χ0n) is 27.9. The molecule has 11 heteroatoms. The van der Waals surface area contributed by atoms with Gasteiger partial charge in [-0.05, 0) is 78.2 Å². The number of halogens is 2. The summed E-state index contributed by atoms with van der Waals surface area (Å²) in [5.41, 5.74) is 7.95. The Morgan fingerprint density at radius 2 is 1.44 bits per heavy atom. The van der Waals surface area contributed by atoms with Crippen molar-refractivity contribution in [2.45, 2.75) is 26.2 Å². The highest BCUT2D eigenvalue weighted by molar-refractivity contribution is 6.30. The number of furan rings is 1. The van der Waals surface area contributed by atoms with Crippen LogP contribution in [0.25, 0.3) is 32.9 Å². The fourth-order valence-electron chi connectivity index (χ4n) is 6.48. The summed E-state index contributed by atoms with van der Waals surface area (Å²) in [5.74, 6) is 0.274. The summed E-state index contributed by atoms with van der Waals surface area (Å²) in [7, 11) is 0. The highest BCUT2D eigenvalue weighted by Crippen LogP contribution is 2.34. The average Bonchev–Trinajstić information content (AvgIpc) is 3.85. The molecule has 0 aliphatic heterocycles. The number of benzene rings is 4. The number of para-hydroxylation sites is 1. The third-order valence-electron chi connectivity index (χ3n) is 9.13. The van der Waals surface area contributed by atoms with Crippen LogP contribution in [0, 0.1) is 6.92 Å². The molecule has 0 aliphatic carbocycles. The van der Waals surface area contributed by atoms with E-state index in [2.05, 4.69) is 36.0 Å². The minimum atomic E-state index is -1.14. The summed E-state index contributed by atoms with van der Waals surface area (Å²) in [6.45, 7) is 2.97. The molecule has 1 amide bonds. The number of aliphatic hydroxyl groups excluding tert-OH is 1. The molecule has 1 atom stereocenters. The molecule has 8 aromatic rings. The summed E-state index contributed by atoms with van der Waals surface area (Å²) in [5, 5.41) is 29.4. The molecule has 52 heavy (non-hydrogen) atoms. The van der Waals surface area contributed by atoms with Gasteiger partial charge in [-0.25, -0.2) is 0 Å². The Morgan fingerprint density at radius 1 is 0.788 bits per heavy atom.